The van der Waals surface area contributed by atoms with Gasteiger partial charge in [0.2, 0.25) is 0 Å². The standard InChI is InChI=1S/C4H9O2/c1-4(3-5)6-2/h4-5H,1,3H2,2H3. The van der Waals surface area contributed by atoms with E-state index < -0.39 is 0 Å². The van der Waals surface area contributed by atoms with Crippen LogP contribution >= 0.6 is 0 Å². The fourth-order valence-electron chi connectivity index (χ4n) is 0.0745. The summed E-state index contributed by atoms with van der Waals surface area (Å²) in [6.07, 6.45) is -0.259. The minimum absolute atomic E-state index is 0.00347. The fourth-order valence-corrected chi connectivity index (χ4v) is 0.0745. The highest BCUT2D eigenvalue weighted by atomic mass is 16.5. The van der Waals surface area contributed by atoms with Gasteiger partial charge in [-0.15, -0.1) is 0 Å². The number of hydrogen-bond acceptors (Lipinski definition) is 2. The van der Waals surface area contributed by atoms with E-state index in [-0.39, 0.29) is 12.7 Å². The van der Waals surface area contributed by atoms with Gasteiger partial charge in [0.05, 0.1) is 12.7 Å². The van der Waals surface area contributed by atoms with Crippen LogP contribution in [0.4, 0.5) is 0 Å². The zero-order valence-electron chi connectivity index (χ0n) is 3.85. The summed E-state index contributed by atoms with van der Waals surface area (Å²) in [6, 6.07) is 0. The lowest BCUT2D eigenvalue weighted by molar-refractivity contribution is 0.0800. The number of aliphatic hydroxyl groups excluding tert-OH is 1. The molecule has 0 aliphatic heterocycles. The second-order valence-corrected chi connectivity index (χ2v) is 1.04. The van der Waals surface area contributed by atoms with Gasteiger partial charge in [0.25, 0.3) is 0 Å². The van der Waals surface area contributed by atoms with E-state index in [9.17, 15) is 0 Å². The molecule has 0 bridgehead atoms. The largest absolute Gasteiger partial charge is 0.394 e. The van der Waals surface area contributed by atoms with Crippen molar-refractivity contribution >= 4 is 0 Å². The van der Waals surface area contributed by atoms with Gasteiger partial charge < -0.3 is 9.84 Å². The van der Waals surface area contributed by atoms with E-state index in [0.717, 1.165) is 0 Å². The predicted molar refractivity (Wildman–Crippen MR) is 23.2 cm³/mol. The Kier molecular flexibility index (Phi) is 3.08. The van der Waals surface area contributed by atoms with Crippen molar-refractivity contribution in [1.29, 1.82) is 0 Å². The van der Waals surface area contributed by atoms with Gasteiger partial charge in [0.1, 0.15) is 0 Å². The Hall–Kier alpha value is -0.0800. The Bertz CT molecular complexity index is 24.7. The molecule has 1 unspecified atom stereocenters. The molecule has 0 spiro atoms. The van der Waals surface area contributed by atoms with E-state index >= 15 is 0 Å². The molecule has 0 heterocycles. The minimum Gasteiger partial charge on any atom is -0.394 e. The van der Waals surface area contributed by atoms with E-state index in [1.165, 1.54) is 7.11 Å². The lowest BCUT2D eigenvalue weighted by Gasteiger charge is -2.00. The third-order valence-corrected chi connectivity index (χ3v) is 0.537. The van der Waals surface area contributed by atoms with Gasteiger partial charge in [-0.25, -0.2) is 0 Å². The van der Waals surface area contributed by atoms with Crippen LogP contribution < -0.4 is 0 Å². The Morgan fingerprint density at radius 3 is 2.50 bits per heavy atom. The normalized spacial score (nSPS) is 14.5. The molecule has 0 aliphatic rings. The zero-order chi connectivity index (χ0) is 4.99. The van der Waals surface area contributed by atoms with Gasteiger partial charge in [-0.05, 0) is 6.92 Å². The SMILES string of the molecule is [CH2]C(CO)OC. The first kappa shape index (κ1) is 5.92. The van der Waals surface area contributed by atoms with Gasteiger partial charge in [0, 0.05) is 7.11 Å². The van der Waals surface area contributed by atoms with Crippen molar-refractivity contribution < 1.29 is 9.84 Å². The van der Waals surface area contributed by atoms with E-state index in [1.807, 2.05) is 0 Å². The second-order valence-electron chi connectivity index (χ2n) is 1.04. The molecule has 0 saturated carbocycles. The maximum absolute atomic E-state index is 8.15. The van der Waals surface area contributed by atoms with Crippen molar-refractivity contribution in [3.8, 4) is 0 Å². The Morgan fingerprint density at radius 1 is 2.00 bits per heavy atom. The highest BCUT2D eigenvalue weighted by Gasteiger charge is 1.90. The monoisotopic (exact) mass is 89.1 g/mol. The summed E-state index contributed by atoms with van der Waals surface area (Å²) in [5.74, 6) is 0. The molecule has 0 aliphatic carbocycles. The quantitative estimate of drug-likeness (QED) is 0.509. The van der Waals surface area contributed by atoms with E-state index in [0.29, 0.717) is 0 Å². The van der Waals surface area contributed by atoms with Crippen LogP contribution in [0.2, 0.25) is 0 Å². The molecular formula is C4H9O2. The van der Waals surface area contributed by atoms with Crippen LogP contribution in [0.1, 0.15) is 0 Å². The number of hydrogen-bond donors (Lipinski definition) is 1. The van der Waals surface area contributed by atoms with E-state index in [1.54, 1.807) is 0 Å². The van der Waals surface area contributed by atoms with Crippen LogP contribution in [0.15, 0.2) is 0 Å². The van der Waals surface area contributed by atoms with Crippen molar-refractivity contribution in [2.45, 2.75) is 6.10 Å². The van der Waals surface area contributed by atoms with Crippen LogP contribution in [0.25, 0.3) is 0 Å². The molecule has 37 valence electrons. The lowest BCUT2D eigenvalue weighted by Crippen LogP contribution is -2.09. The fraction of sp³-hybridized carbons (Fsp3) is 0.750. The molecule has 0 aromatic rings. The van der Waals surface area contributed by atoms with Crippen LogP contribution in [0, 0.1) is 6.92 Å². The number of aliphatic hydroxyl groups is 1. The molecular weight excluding hydrogens is 80.0 g/mol. The van der Waals surface area contributed by atoms with Crippen LogP contribution in [-0.2, 0) is 4.74 Å². The average Bonchev–Trinajstić information content (AvgIpc) is 1.65. The molecule has 0 rings (SSSR count). The summed E-state index contributed by atoms with van der Waals surface area (Å²) in [6.45, 7) is 3.40. The maximum atomic E-state index is 8.15. The summed E-state index contributed by atoms with van der Waals surface area (Å²) in [5.41, 5.74) is 0. The van der Waals surface area contributed by atoms with Crippen molar-refractivity contribution in [2.75, 3.05) is 13.7 Å². The Balaban J connectivity index is 2.75. The number of rotatable bonds is 2. The lowest BCUT2D eigenvalue weighted by atomic mass is 10.4. The summed E-state index contributed by atoms with van der Waals surface area (Å²) in [5, 5.41) is 8.15. The van der Waals surface area contributed by atoms with Gasteiger partial charge >= 0.3 is 0 Å². The van der Waals surface area contributed by atoms with Crippen LogP contribution in [0.3, 0.4) is 0 Å². The molecule has 0 aromatic carbocycles. The zero-order valence-corrected chi connectivity index (χ0v) is 3.85. The van der Waals surface area contributed by atoms with Gasteiger partial charge in [-0.3, -0.25) is 0 Å². The molecule has 0 saturated heterocycles. The summed E-state index contributed by atoms with van der Waals surface area (Å²) in [4.78, 5) is 0. The molecule has 0 aromatic heterocycles. The van der Waals surface area contributed by atoms with Crippen molar-refractivity contribution in [3.05, 3.63) is 6.92 Å². The first-order chi connectivity index (χ1) is 2.81. The minimum atomic E-state index is -0.259. The smallest absolute Gasteiger partial charge is 0.0802 e. The third kappa shape index (κ3) is 2.18. The molecule has 0 amide bonds. The number of methoxy groups -OCH3 is 1. The van der Waals surface area contributed by atoms with Gasteiger partial charge in [0.15, 0.2) is 0 Å². The van der Waals surface area contributed by atoms with Gasteiger partial charge in [-0.2, -0.15) is 0 Å². The van der Waals surface area contributed by atoms with Crippen molar-refractivity contribution in [2.24, 2.45) is 0 Å². The van der Waals surface area contributed by atoms with Crippen LogP contribution in [0.5, 0.6) is 0 Å². The third-order valence-electron chi connectivity index (χ3n) is 0.537. The molecule has 1 radical (unpaired) electrons. The Labute approximate surface area is 37.7 Å². The highest BCUT2D eigenvalue weighted by Crippen LogP contribution is 1.79. The molecule has 1 N–H and O–H groups in total. The maximum Gasteiger partial charge on any atom is 0.0802 e. The van der Waals surface area contributed by atoms with Crippen LogP contribution in [-0.4, -0.2) is 24.9 Å². The number of ether oxygens (including phenoxy) is 1. The summed E-state index contributed by atoms with van der Waals surface area (Å²) in [7, 11) is 1.51. The summed E-state index contributed by atoms with van der Waals surface area (Å²) < 4.78 is 4.54. The summed E-state index contributed by atoms with van der Waals surface area (Å²) >= 11 is 0. The van der Waals surface area contributed by atoms with Crippen molar-refractivity contribution in [3.63, 3.8) is 0 Å². The molecule has 6 heavy (non-hydrogen) atoms. The van der Waals surface area contributed by atoms with E-state index in [2.05, 4.69) is 11.7 Å². The second kappa shape index (κ2) is 3.12. The van der Waals surface area contributed by atoms with Crippen molar-refractivity contribution in [1.82, 2.24) is 0 Å². The van der Waals surface area contributed by atoms with E-state index in [4.69, 9.17) is 5.11 Å². The first-order valence-electron chi connectivity index (χ1n) is 1.78. The topological polar surface area (TPSA) is 29.5 Å². The highest BCUT2D eigenvalue weighted by molar-refractivity contribution is 4.53. The molecule has 0 fully saturated rings. The molecule has 1 atom stereocenters. The molecule has 2 heteroatoms. The van der Waals surface area contributed by atoms with Gasteiger partial charge in [-0.1, -0.05) is 0 Å². The first-order valence-corrected chi connectivity index (χ1v) is 1.78. The predicted octanol–water partition coefficient (Wildman–Crippen LogP) is -0.172. The Morgan fingerprint density at radius 2 is 2.50 bits per heavy atom. The average molecular weight is 89.1 g/mol. The molecule has 2 nitrogen and oxygen atoms in total.